The van der Waals surface area contributed by atoms with Gasteiger partial charge in [-0.25, -0.2) is 16.8 Å². The lowest BCUT2D eigenvalue weighted by atomic mass is 10.2. The van der Waals surface area contributed by atoms with Crippen molar-refractivity contribution in [2.45, 2.75) is 24.0 Å². The molecule has 1 aromatic rings. The highest BCUT2D eigenvalue weighted by Gasteiger charge is 2.48. The van der Waals surface area contributed by atoms with Gasteiger partial charge in [0.05, 0.1) is 42.3 Å². The van der Waals surface area contributed by atoms with E-state index in [2.05, 4.69) is 0 Å². The van der Waals surface area contributed by atoms with Crippen molar-refractivity contribution < 1.29 is 26.3 Å². The van der Waals surface area contributed by atoms with Crippen molar-refractivity contribution in [1.82, 2.24) is 4.31 Å². The smallest absolute Gasteiger partial charge is 0.243 e. The zero-order chi connectivity index (χ0) is 16.8. The molecule has 0 radical (unpaired) electrons. The molecule has 2 heterocycles. The van der Waals surface area contributed by atoms with Gasteiger partial charge in [0.1, 0.15) is 5.75 Å². The van der Waals surface area contributed by atoms with E-state index in [9.17, 15) is 16.8 Å². The number of methoxy groups -OCH3 is 1. The van der Waals surface area contributed by atoms with E-state index in [1.165, 1.54) is 17.5 Å². The van der Waals surface area contributed by atoms with Crippen LogP contribution in [0.2, 0.25) is 0 Å². The SMILES string of the molecule is COc1ccc(S(=O)(=O)N2CCOC3CS(=O)(=O)CC32)c(C)c1. The average Bonchev–Trinajstić information content (AvgIpc) is 2.79. The minimum Gasteiger partial charge on any atom is -0.497 e. The largest absolute Gasteiger partial charge is 0.497 e. The second kappa shape index (κ2) is 5.73. The molecule has 2 aliphatic heterocycles. The first-order valence-electron chi connectivity index (χ1n) is 7.23. The van der Waals surface area contributed by atoms with Gasteiger partial charge in [0.2, 0.25) is 10.0 Å². The molecule has 2 atom stereocenters. The summed E-state index contributed by atoms with van der Waals surface area (Å²) in [5, 5.41) is 0. The summed E-state index contributed by atoms with van der Waals surface area (Å²) in [5.74, 6) is 0.266. The summed E-state index contributed by atoms with van der Waals surface area (Å²) in [5.41, 5.74) is 0.563. The highest BCUT2D eigenvalue weighted by atomic mass is 32.2. The van der Waals surface area contributed by atoms with Gasteiger partial charge in [-0.3, -0.25) is 0 Å². The fraction of sp³-hybridized carbons (Fsp3) is 0.571. The summed E-state index contributed by atoms with van der Waals surface area (Å²) in [6.45, 7) is 2.05. The van der Waals surface area contributed by atoms with Crippen LogP contribution in [0.4, 0.5) is 0 Å². The molecule has 9 heteroatoms. The molecule has 7 nitrogen and oxygen atoms in total. The number of nitrogens with zero attached hydrogens (tertiary/aromatic N) is 1. The van der Waals surface area contributed by atoms with E-state index < -0.39 is 32.0 Å². The molecule has 0 N–H and O–H groups in total. The van der Waals surface area contributed by atoms with Crippen molar-refractivity contribution in [3.63, 3.8) is 0 Å². The van der Waals surface area contributed by atoms with Crippen molar-refractivity contribution in [3.8, 4) is 5.75 Å². The molecule has 3 rings (SSSR count). The topological polar surface area (TPSA) is 90.0 Å². The third kappa shape index (κ3) is 2.98. The summed E-state index contributed by atoms with van der Waals surface area (Å²) in [4.78, 5) is 0.170. The van der Waals surface area contributed by atoms with Crippen LogP contribution >= 0.6 is 0 Å². The van der Waals surface area contributed by atoms with E-state index in [1.807, 2.05) is 0 Å². The fourth-order valence-electron chi connectivity index (χ4n) is 3.15. The monoisotopic (exact) mass is 361 g/mol. The van der Waals surface area contributed by atoms with Crippen LogP contribution in [0.25, 0.3) is 0 Å². The lowest BCUT2D eigenvalue weighted by Crippen LogP contribution is -2.53. The Hall–Kier alpha value is -1.16. The molecule has 1 aromatic carbocycles. The van der Waals surface area contributed by atoms with Crippen molar-refractivity contribution in [2.75, 3.05) is 31.8 Å². The first kappa shape index (κ1) is 16.7. The number of rotatable bonds is 3. The molecule has 0 amide bonds. The molecular weight excluding hydrogens is 342 g/mol. The fourth-order valence-corrected chi connectivity index (χ4v) is 6.95. The maximum atomic E-state index is 13.0. The number of fused-ring (bicyclic) bond motifs is 1. The summed E-state index contributed by atoms with van der Waals surface area (Å²) in [7, 11) is -5.55. The highest BCUT2D eigenvalue weighted by molar-refractivity contribution is 7.92. The van der Waals surface area contributed by atoms with E-state index in [0.717, 1.165) is 0 Å². The van der Waals surface area contributed by atoms with Crippen LogP contribution in [0.15, 0.2) is 23.1 Å². The van der Waals surface area contributed by atoms with Crippen LogP contribution < -0.4 is 4.74 Å². The van der Waals surface area contributed by atoms with Gasteiger partial charge >= 0.3 is 0 Å². The van der Waals surface area contributed by atoms with Gasteiger partial charge in [-0.05, 0) is 30.7 Å². The summed E-state index contributed by atoms with van der Waals surface area (Å²) < 4.78 is 61.5. The molecule has 23 heavy (non-hydrogen) atoms. The van der Waals surface area contributed by atoms with E-state index in [4.69, 9.17) is 9.47 Å². The van der Waals surface area contributed by atoms with Crippen LogP contribution in [0.3, 0.4) is 0 Å². The Bertz CT molecular complexity index is 818. The molecule has 0 saturated carbocycles. The average molecular weight is 361 g/mol. The standard InChI is InChI=1S/C14H19NO6S2/c1-10-7-11(20-2)3-4-14(10)23(18,19)15-5-6-21-13-9-22(16,17)8-12(13)15/h3-4,7,12-13H,5-6,8-9H2,1-2H3. The minimum atomic E-state index is -3.79. The van der Waals surface area contributed by atoms with Gasteiger partial charge in [0.25, 0.3) is 0 Å². The first-order valence-corrected chi connectivity index (χ1v) is 10.5. The van der Waals surface area contributed by atoms with Crippen LogP contribution in [-0.2, 0) is 24.6 Å². The van der Waals surface area contributed by atoms with Crippen molar-refractivity contribution in [2.24, 2.45) is 0 Å². The summed E-state index contributed by atoms with van der Waals surface area (Å²) >= 11 is 0. The van der Waals surface area contributed by atoms with Gasteiger partial charge in [-0.15, -0.1) is 0 Å². The van der Waals surface area contributed by atoms with Gasteiger partial charge in [-0.1, -0.05) is 0 Å². The molecule has 0 aromatic heterocycles. The molecule has 0 bridgehead atoms. The molecule has 128 valence electrons. The Kier molecular flexibility index (Phi) is 4.16. The van der Waals surface area contributed by atoms with Crippen LogP contribution in [-0.4, -0.2) is 65.1 Å². The number of morpholine rings is 1. The summed E-state index contributed by atoms with van der Waals surface area (Å²) in [6.07, 6.45) is -0.581. The van der Waals surface area contributed by atoms with Gasteiger partial charge in [0.15, 0.2) is 9.84 Å². The number of benzene rings is 1. The van der Waals surface area contributed by atoms with Crippen LogP contribution in [0, 0.1) is 6.92 Å². The molecule has 2 aliphatic rings. The second-order valence-electron chi connectivity index (χ2n) is 5.80. The normalized spacial score (nSPS) is 27.6. The number of sulfone groups is 1. The molecule has 2 fully saturated rings. The number of hydrogen-bond donors (Lipinski definition) is 0. The number of ether oxygens (including phenoxy) is 2. The predicted molar refractivity (Wildman–Crippen MR) is 83.8 cm³/mol. The van der Waals surface area contributed by atoms with E-state index >= 15 is 0 Å². The third-order valence-corrected chi connectivity index (χ3v) is 8.02. The molecule has 0 aliphatic carbocycles. The Morgan fingerprint density at radius 3 is 2.70 bits per heavy atom. The second-order valence-corrected chi connectivity index (χ2v) is 9.81. The number of sulfonamides is 1. The molecule has 0 spiro atoms. The Labute approximate surface area is 136 Å². The van der Waals surface area contributed by atoms with Gasteiger partial charge in [0, 0.05) is 6.54 Å². The van der Waals surface area contributed by atoms with E-state index in [-0.39, 0.29) is 29.6 Å². The Morgan fingerprint density at radius 1 is 1.30 bits per heavy atom. The highest BCUT2D eigenvalue weighted by Crippen LogP contribution is 2.31. The zero-order valence-corrected chi connectivity index (χ0v) is 14.6. The summed E-state index contributed by atoms with van der Waals surface area (Å²) in [6, 6.07) is 4.08. The maximum Gasteiger partial charge on any atom is 0.243 e. The van der Waals surface area contributed by atoms with Crippen LogP contribution in [0.5, 0.6) is 5.75 Å². The van der Waals surface area contributed by atoms with E-state index in [1.54, 1.807) is 19.1 Å². The van der Waals surface area contributed by atoms with Gasteiger partial charge < -0.3 is 9.47 Å². The lowest BCUT2D eigenvalue weighted by Gasteiger charge is -2.35. The lowest BCUT2D eigenvalue weighted by molar-refractivity contribution is -0.0141. The van der Waals surface area contributed by atoms with Gasteiger partial charge in [-0.2, -0.15) is 4.31 Å². The Balaban J connectivity index is 1.99. The van der Waals surface area contributed by atoms with Crippen molar-refractivity contribution >= 4 is 19.9 Å². The quantitative estimate of drug-likeness (QED) is 0.763. The molecular formula is C14H19NO6S2. The zero-order valence-electron chi connectivity index (χ0n) is 12.9. The first-order chi connectivity index (χ1) is 10.7. The van der Waals surface area contributed by atoms with Crippen molar-refractivity contribution in [3.05, 3.63) is 23.8 Å². The molecule has 2 saturated heterocycles. The number of aryl methyl sites for hydroxylation is 1. The number of hydrogen-bond acceptors (Lipinski definition) is 6. The Morgan fingerprint density at radius 2 is 2.04 bits per heavy atom. The third-order valence-electron chi connectivity index (χ3n) is 4.25. The van der Waals surface area contributed by atoms with E-state index in [0.29, 0.717) is 11.3 Å². The molecule has 2 unspecified atom stereocenters. The predicted octanol–water partition coefficient (Wildman–Crippen LogP) is 0.190. The minimum absolute atomic E-state index is 0.120. The van der Waals surface area contributed by atoms with Crippen LogP contribution in [0.1, 0.15) is 5.56 Å². The van der Waals surface area contributed by atoms with Crippen molar-refractivity contribution in [1.29, 1.82) is 0 Å². The maximum absolute atomic E-state index is 13.0.